The van der Waals surface area contributed by atoms with E-state index >= 15 is 0 Å². The van der Waals surface area contributed by atoms with Gasteiger partial charge in [-0.25, -0.2) is 13.1 Å². The molecule has 4 nitrogen and oxygen atoms in total. The third-order valence-corrected chi connectivity index (χ3v) is 7.06. The van der Waals surface area contributed by atoms with E-state index in [0.29, 0.717) is 8.68 Å². The van der Waals surface area contributed by atoms with Crippen molar-refractivity contribution in [3.05, 3.63) is 15.9 Å². The van der Waals surface area contributed by atoms with Crippen molar-refractivity contribution in [3.8, 4) is 0 Å². The van der Waals surface area contributed by atoms with Gasteiger partial charge in [0.15, 0.2) is 0 Å². The molecule has 2 atom stereocenters. The third kappa shape index (κ3) is 3.08. The summed E-state index contributed by atoms with van der Waals surface area (Å²) in [5.41, 5.74) is 0. The van der Waals surface area contributed by atoms with Gasteiger partial charge in [0.05, 0.1) is 6.10 Å². The molecule has 2 rings (SSSR count). The van der Waals surface area contributed by atoms with Crippen LogP contribution in [-0.4, -0.2) is 27.7 Å². The molecule has 0 bridgehead atoms. The number of methoxy groups -OCH3 is 1. The molecule has 1 aromatic heterocycles. The molecule has 17 heavy (non-hydrogen) atoms. The number of rotatable bonds is 4. The average Bonchev–Trinajstić information content (AvgIpc) is 2.86. The van der Waals surface area contributed by atoms with Crippen molar-refractivity contribution in [2.75, 3.05) is 7.11 Å². The Kier molecular flexibility index (Phi) is 4.25. The molecule has 0 saturated heterocycles. The molecule has 1 aliphatic carbocycles. The Balaban J connectivity index is 2.07. The van der Waals surface area contributed by atoms with E-state index in [9.17, 15) is 8.42 Å². The van der Waals surface area contributed by atoms with Gasteiger partial charge in [-0.05, 0) is 46.6 Å². The Morgan fingerprint density at radius 2 is 2.29 bits per heavy atom. The lowest BCUT2D eigenvalue weighted by Crippen LogP contribution is -2.33. The molecule has 96 valence electrons. The van der Waals surface area contributed by atoms with Crippen molar-refractivity contribution in [3.63, 3.8) is 0 Å². The molecule has 1 aromatic rings. The standard InChI is InChI=1S/C10H14BrNO3S2/c1-15-8-3-2-7(6-8)12-17(13,14)10-9(11)4-5-16-10/h4-5,7-8,12H,2-3,6H2,1H3. The Morgan fingerprint density at radius 1 is 1.53 bits per heavy atom. The highest BCUT2D eigenvalue weighted by molar-refractivity contribution is 9.10. The topological polar surface area (TPSA) is 55.4 Å². The normalized spacial score (nSPS) is 25.3. The summed E-state index contributed by atoms with van der Waals surface area (Å²) in [6, 6.07) is 1.73. The van der Waals surface area contributed by atoms with Gasteiger partial charge >= 0.3 is 0 Å². The summed E-state index contributed by atoms with van der Waals surface area (Å²) in [7, 11) is -1.73. The maximum atomic E-state index is 12.1. The summed E-state index contributed by atoms with van der Waals surface area (Å²) in [5.74, 6) is 0. The molecule has 1 heterocycles. The van der Waals surface area contributed by atoms with Crippen LogP contribution in [0, 0.1) is 0 Å². The van der Waals surface area contributed by atoms with Gasteiger partial charge in [0.2, 0.25) is 0 Å². The van der Waals surface area contributed by atoms with E-state index in [0.717, 1.165) is 19.3 Å². The highest BCUT2D eigenvalue weighted by Gasteiger charge is 2.29. The van der Waals surface area contributed by atoms with Crippen LogP contribution in [0.25, 0.3) is 0 Å². The second-order valence-electron chi connectivity index (χ2n) is 4.04. The number of halogens is 1. The molecule has 0 radical (unpaired) electrons. The minimum absolute atomic E-state index is 0.0149. The lowest BCUT2D eigenvalue weighted by Gasteiger charge is -2.12. The molecule has 0 spiro atoms. The predicted molar refractivity (Wildman–Crippen MR) is 70.8 cm³/mol. The van der Waals surface area contributed by atoms with Crippen molar-refractivity contribution in [1.29, 1.82) is 0 Å². The SMILES string of the molecule is COC1CCC(NS(=O)(=O)c2sccc2Br)C1. The van der Waals surface area contributed by atoms with Gasteiger partial charge in [0, 0.05) is 17.6 Å². The Bertz CT molecular complexity index is 485. The Labute approximate surface area is 114 Å². The fourth-order valence-electron chi connectivity index (χ4n) is 2.01. The van der Waals surface area contributed by atoms with Crippen molar-refractivity contribution in [1.82, 2.24) is 4.72 Å². The summed E-state index contributed by atoms with van der Waals surface area (Å²) >= 11 is 4.46. The van der Waals surface area contributed by atoms with Crippen molar-refractivity contribution < 1.29 is 13.2 Å². The molecule has 1 saturated carbocycles. The highest BCUT2D eigenvalue weighted by Crippen LogP contribution is 2.29. The van der Waals surface area contributed by atoms with Gasteiger partial charge in [-0.3, -0.25) is 0 Å². The van der Waals surface area contributed by atoms with Crippen molar-refractivity contribution in [2.45, 2.75) is 35.6 Å². The zero-order valence-electron chi connectivity index (χ0n) is 9.35. The van der Waals surface area contributed by atoms with E-state index < -0.39 is 10.0 Å². The maximum absolute atomic E-state index is 12.1. The molecule has 7 heteroatoms. The van der Waals surface area contributed by atoms with Gasteiger partial charge in [-0.2, -0.15) is 0 Å². The molecule has 1 aliphatic rings. The molecule has 0 amide bonds. The van der Waals surface area contributed by atoms with E-state index in [1.165, 1.54) is 11.3 Å². The molecule has 0 aliphatic heterocycles. The maximum Gasteiger partial charge on any atom is 0.251 e. The van der Waals surface area contributed by atoms with Crippen LogP contribution in [0.2, 0.25) is 0 Å². The molecule has 1 fully saturated rings. The van der Waals surface area contributed by atoms with E-state index in [-0.39, 0.29) is 12.1 Å². The number of hydrogen-bond donors (Lipinski definition) is 1. The number of hydrogen-bond acceptors (Lipinski definition) is 4. The monoisotopic (exact) mass is 339 g/mol. The lowest BCUT2D eigenvalue weighted by atomic mass is 10.3. The van der Waals surface area contributed by atoms with Crippen molar-refractivity contribution in [2.24, 2.45) is 0 Å². The van der Waals surface area contributed by atoms with Crippen LogP contribution >= 0.6 is 27.3 Å². The Hall–Kier alpha value is 0.0500. The van der Waals surface area contributed by atoms with Gasteiger partial charge in [-0.1, -0.05) is 0 Å². The van der Waals surface area contributed by atoms with Gasteiger partial charge in [0.25, 0.3) is 10.0 Å². The van der Waals surface area contributed by atoms with E-state index in [4.69, 9.17) is 4.74 Å². The molecule has 0 aromatic carbocycles. The molecule has 1 N–H and O–H groups in total. The minimum Gasteiger partial charge on any atom is -0.381 e. The lowest BCUT2D eigenvalue weighted by molar-refractivity contribution is 0.107. The minimum atomic E-state index is -3.40. The highest BCUT2D eigenvalue weighted by atomic mass is 79.9. The number of thiophene rings is 1. The van der Waals surface area contributed by atoms with Gasteiger partial charge < -0.3 is 4.74 Å². The molecule has 2 unspecified atom stereocenters. The van der Waals surface area contributed by atoms with Crippen LogP contribution in [0.3, 0.4) is 0 Å². The van der Waals surface area contributed by atoms with Crippen LogP contribution in [0.15, 0.2) is 20.1 Å². The zero-order valence-corrected chi connectivity index (χ0v) is 12.6. The smallest absolute Gasteiger partial charge is 0.251 e. The fourth-order valence-corrected chi connectivity index (χ4v) is 5.64. The first-order chi connectivity index (χ1) is 8.03. The third-order valence-electron chi connectivity index (χ3n) is 2.87. The van der Waals surface area contributed by atoms with Crippen LogP contribution in [-0.2, 0) is 14.8 Å². The summed E-state index contributed by atoms with van der Waals surface area (Å²) < 4.78 is 33.1. The number of ether oxygens (including phenoxy) is 1. The fraction of sp³-hybridized carbons (Fsp3) is 0.600. The first-order valence-electron chi connectivity index (χ1n) is 5.31. The van der Waals surface area contributed by atoms with Crippen molar-refractivity contribution >= 4 is 37.3 Å². The summed E-state index contributed by atoms with van der Waals surface area (Å²) in [5, 5.41) is 1.76. The van der Waals surface area contributed by atoms with Gasteiger partial charge in [-0.15, -0.1) is 11.3 Å². The van der Waals surface area contributed by atoms with Gasteiger partial charge in [0.1, 0.15) is 4.21 Å². The first-order valence-corrected chi connectivity index (χ1v) is 8.46. The first kappa shape index (κ1) is 13.5. The summed E-state index contributed by atoms with van der Waals surface area (Å²) in [4.78, 5) is 0. The largest absolute Gasteiger partial charge is 0.381 e. The molecular weight excluding hydrogens is 326 g/mol. The van der Waals surface area contributed by atoms with Crippen LogP contribution < -0.4 is 4.72 Å². The van der Waals surface area contributed by atoms with Crippen LogP contribution in [0.4, 0.5) is 0 Å². The molecular formula is C10H14BrNO3S2. The van der Waals surface area contributed by atoms with Crippen LogP contribution in [0.5, 0.6) is 0 Å². The second kappa shape index (κ2) is 5.36. The number of nitrogens with one attached hydrogen (secondary N) is 1. The summed E-state index contributed by atoms with van der Waals surface area (Å²) in [6.45, 7) is 0. The van der Waals surface area contributed by atoms with E-state index in [1.807, 2.05) is 0 Å². The predicted octanol–water partition coefficient (Wildman–Crippen LogP) is 2.36. The quantitative estimate of drug-likeness (QED) is 0.915. The Morgan fingerprint density at radius 3 is 2.82 bits per heavy atom. The zero-order chi connectivity index (χ0) is 12.5. The van der Waals surface area contributed by atoms with E-state index in [2.05, 4.69) is 20.7 Å². The number of sulfonamides is 1. The van der Waals surface area contributed by atoms with Crippen LogP contribution in [0.1, 0.15) is 19.3 Å². The average molecular weight is 340 g/mol. The second-order valence-corrected chi connectivity index (χ2v) is 7.72. The van der Waals surface area contributed by atoms with E-state index in [1.54, 1.807) is 18.6 Å². The summed E-state index contributed by atoms with van der Waals surface area (Å²) in [6.07, 6.45) is 2.67.